The summed E-state index contributed by atoms with van der Waals surface area (Å²) in [6, 6.07) is 0.158. The average molecular weight is 213 g/mol. The number of piperidine rings is 1. The van der Waals surface area contributed by atoms with Crippen LogP contribution in [0.3, 0.4) is 0 Å². The van der Waals surface area contributed by atoms with Crippen molar-refractivity contribution in [2.75, 3.05) is 13.1 Å². The lowest BCUT2D eigenvalue weighted by Crippen LogP contribution is -2.50. The molecule has 3 aliphatic heterocycles. The molecule has 3 rings (SSSR count). The second kappa shape index (κ2) is 3.17. The van der Waals surface area contributed by atoms with Crippen molar-refractivity contribution in [3.8, 4) is 0 Å². The van der Waals surface area contributed by atoms with Gasteiger partial charge in [-0.25, -0.2) is 0 Å². The molecule has 0 aromatic rings. The van der Waals surface area contributed by atoms with Crippen LogP contribution in [0, 0.1) is 0 Å². The molecular weight excluding hydrogens is 194 g/mol. The molecule has 3 heterocycles. The highest BCUT2D eigenvalue weighted by Gasteiger charge is 2.55. The summed E-state index contributed by atoms with van der Waals surface area (Å²) in [6.07, 6.45) is 1.95. The van der Waals surface area contributed by atoms with Crippen LogP contribution in [0.5, 0.6) is 0 Å². The van der Waals surface area contributed by atoms with Crippen LogP contribution in [0.2, 0.25) is 0 Å². The molecule has 0 amide bonds. The van der Waals surface area contributed by atoms with Crippen molar-refractivity contribution in [1.82, 2.24) is 4.90 Å². The molecule has 0 aromatic carbocycles. The quantitative estimate of drug-likeness (QED) is 0.630. The van der Waals surface area contributed by atoms with Crippen LogP contribution in [-0.2, 0) is 9.47 Å². The second-order valence-corrected chi connectivity index (χ2v) is 5.33. The van der Waals surface area contributed by atoms with Gasteiger partial charge in [-0.05, 0) is 33.2 Å². The maximum atomic E-state index is 10.0. The first kappa shape index (κ1) is 10.0. The Hall–Kier alpha value is -0.160. The normalized spacial score (nSPS) is 49.0. The van der Waals surface area contributed by atoms with E-state index in [2.05, 4.69) is 4.90 Å². The SMILES string of the molecule is CC1(C)OC2CN3CCC[C@@H](O)[C@@H]3[C@@H]2O1. The Balaban J connectivity index is 1.81. The average Bonchev–Trinajstić information content (AvgIpc) is 2.56. The highest BCUT2D eigenvalue weighted by molar-refractivity contribution is 5.04. The molecule has 0 aliphatic carbocycles. The third-order valence-corrected chi connectivity index (χ3v) is 3.73. The van der Waals surface area contributed by atoms with Crippen LogP contribution < -0.4 is 0 Å². The Morgan fingerprint density at radius 2 is 2.13 bits per heavy atom. The molecule has 1 unspecified atom stereocenters. The maximum absolute atomic E-state index is 10.0. The molecule has 15 heavy (non-hydrogen) atoms. The van der Waals surface area contributed by atoms with Crippen LogP contribution in [0.15, 0.2) is 0 Å². The third-order valence-electron chi connectivity index (χ3n) is 3.73. The molecule has 4 heteroatoms. The highest BCUT2D eigenvalue weighted by Crippen LogP contribution is 2.39. The first-order valence-corrected chi connectivity index (χ1v) is 5.85. The van der Waals surface area contributed by atoms with E-state index in [-0.39, 0.29) is 24.4 Å². The zero-order valence-corrected chi connectivity index (χ0v) is 9.35. The number of fused-ring (bicyclic) bond motifs is 3. The van der Waals surface area contributed by atoms with Crippen molar-refractivity contribution in [3.63, 3.8) is 0 Å². The van der Waals surface area contributed by atoms with Crippen LogP contribution in [0.1, 0.15) is 26.7 Å². The molecule has 0 aromatic heterocycles. The fourth-order valence-corrected chi connectivity index (χ4v) is 3.23. The van der Waals surface area contributed by atoms with Crippen LogP contribution in [0.4, 0.5) is 0 Å². The van der Waals surface area contributed by atoms with Crippen molar-refractivity contribution in [2.45, 2.75) is 56.8 Å². The first-order valence-electron chi connectivity index (χ1n) is 5.85. The molecule has 3 aliphatic rings. The minimum Gasteiger partial charge on any atom is -0.391 e. The Kier molecular flexibility index (Phi) is 2.12. The predicted molar refractivity (Wildman–Crippen MR) is 54.4 cm³/mol. The standard InChI is InChI=1S/C11H19NO3/c1-11(2)14-8-6-12-5-3-4-7(13)9(12)10(8)15-11/h7-10,13H,3-6H2,1-2H3/t7-,8?,9-,10-/m1/s1. The smallest absolute Gasteiger partial charge is 0.163 e. The van der Waals surface area contributed by atoms with Crippen molar-refractivity contribution in [2.24, 2.45) is 0 Å². The molecule has 0 saturated carbocycles. The van der Waals surface area contributed by atoms with Gasteiger partial charge in [-0.2, -0.15) is 0 Å². The zero-order chi connectivity index (χ0) is 10.6. The van der Waals surface area contributed by atoms with Gasteiger partial charge in [0.2, 0.25) is 0 Å². The molecule has 4 atom stereocenters. The number of aliphatic hydroxyl groups is 1. The van der Waals surface area contributed by atoms with Gasteiger partial charge in [0.15, 0.2) is 5.79 Å². The van der Waals surface area contributed by atoms with Crippen LogP contribution >= 0.6 is 0 Å². The third kappa shape index (κ3) is 1.51. The van der Waals surface area contributed by atoms with E-state index in [1.807, 2.05) is 13.8 Å². The summed E-state index contributed by atoms with van der Waals surface area (Å²) in [7, 11) is 0. The number of ether oxygens (including phenoxy) is 2. The summed E-state index contributed by atoms with van der Waals surface area (Å²) in [4.78, 5) is 2.32. The molecule has 1 N–H and O–H groups in total. The predicted octanol–water partition coefficient (Wildman–Crippen LogP) is 0.345. The monoisotopic (exact) mass is 213 g/mol. The molecule has 0 spiro atoms. The van der Waals surface area contributed by atoms with E-state index < -0.39 is 5.79 Å². The van der Waals surface area contributed by atoms with Gasteiger partial charge < -0.3 is 14.6 Å². The number of hydrogen-bond donors (Lipinski definition) is 1. The largest absolute Gasteiger partial charge is 0.391 e. The van der Waals surface area contributed by atoms with E-state index in [0.29, 0.717) is 0 Å². The van der Waals surface area contributed by atoms with E-state index in [0.717, 1.165) is 25.9 Å². The van der Waals surface area contributed by atoms with E-state index in [1.165, 1.54) is 0 Å². The summed E-state index contributed by atoms with van der Waals surface area (Å²) < 4.78 is 11.7. The summed E-state index contributed by atoms with van der Waals surface area (Å²) in [6.45, 7) is 5.88. The van der Waals surface area contributed by atoms with Crippen molar-refractivity contribution >= 4 is 0 Å². The Morgan fingerprint density at radius 1 is 1.33 bits per heavy atom. The number of hydrogen-bond acceptors (Lipinski definition) is 4. The molecule has 0 bridgehead atoms. The lowest BCUT2D eigenvalue weighted by atomic mass is 9.97. The Labute approximate surface area is 90.2 Å². The van der Waals surface area contributed by atoms with Gasteiger partial charge >= 0.3 is 0 Å². The minimum absolute atomic E-state index is 0.0651. The summed E-state index contributed by atoms with van der Waals surface area (Å²) in [5, 5.41) is 10.0. The molecule has 3 saturated heterocycles. The minimum atomic E-state index is -0.474. The van der Waals surface area contributed by atoms with Gasteiger partial charge in [-0.3, -0.25) is 4.90 Å². The molecule has 86 valence electrons. The van der Waals surface area contributed by atoms with Gasteiger partial charge in [0, 0.05) is 6.54 Å². The van der Waals surface area contributed by atoms with Gasteiger partial charge in [-0.15, -0.1) is 0 Å². The summed E-state index contributed by atoms with van der Waals surface area (Å²) in [5.41, 5.74) is 0. The van der Waals surface area contributed by atoms with E-state index in [1.54, 1.807) is 0 Å². The van der Waals surface area contributed by atoms with Gasteiger partial charge in [0.1, 0.15) is 12.2 Å². The molecule has 3 fully saturated rings. The van der Waals surface area contributed by atoms with E-state index in [9.17, 15) is 5.11 Å². The highest BCUT2D eigenvalue weighted by atomic mass is 16.8. The Bertz CT molecular complexity index is 269. The van der Waals surface area contributed by atoms with Crippen LogP contribution in [-0.4, -0.2) is 53.2 Å². The second-order valence-electron chi connectivity index (χ2n) is 5.33. The van der Waals surface area contributed by atoms with Crippen molar-refractivity contribution < 1.29 is 14.6 Å². The molecule has 4 nitrogen and oxygen atoms in total. The van der Waals surface area contributed by atoms with Crippen molar-refractivity contribution in [3.05, 3.63) is 0 Å². The molecule has 0 radical (unpaired) electrons. The fraction of sp³-hybridized carbons (Fsp3) is 1.00. The Morgan fingerprint density at radius 3 is 2.93 bits per heavy atom. The molecular formula is C11H19NO3. The van der Waals surface area contributed by atoms with Gasteiger partial charge in [0.05, 0.1) is 12.1 Å². The van der Waals surface area contributed by atoms with E-state index >= 15 is 0 Å². The number of rotatable bonds is 0. The summed E-state index contributed by atoms with van der Waals surface area (Å²) in [5.74, 6) is -0.474. The fourth-order valence-electron chi connectivity index (χ4n) is 3.23. The zero-order valence-electron chi connectivity index (χ0n) is 9.35. The van der Waals surface area contributed by atoms with Gasteiger partial charge in [0.25, 0.3) is 0 Å². The van der Waals surface area contributed by atoms with Gasteiger partial charge in [-0.1, -0.05) is 0 Å². The first-order chi connectivity index (χ1) is 7.07. The summed E-state index contributed by atoms with van der Waals surface area (Å²) >= 11 is 0. The lowest BCUT2D eigenvalue weighted by Gasteiger charge is -2.36. The van der Waals surface area contributed by atoms with E-state index in [4.69, 9.17) is 9.47 Å². The number of nitrogens with zero attached hydrogens (tertiary/aromatic N) is 1. The number of aliphatic hydroxyl groups excluding tert-OH is 1. The van der Waals surface area contributed by atoms with Crippen molar-refractivity contribution in [1.29, 1.82) is 0 Å². The maximum Gasteiger partial charge on any atom is 0.163 e. The van der Waals surface area contributed by atoms with Crippen LogP contribution in [0.25, 0.3) is 0 Å². The topological polar surface area (TPSA) is 41.9 Å². The lowest BCUT2D eigenvalue weighted by molar-refractivity contribution is -0.169.